The number of carbonyl (C=O) groups is 2. The van der Waals surface area contributed by atoms with Crippen molar-refractivity contribution in [1.82, 2.24) is 10.3 Å². The second kappa shape index (κ2) is 7.69. The molecular formula is C16H18N2O2S. The molecule has 2 rings (SSSR count). The van der Waals surface area contributed by atoms with Crippen LogP contribution in [-0.2, 0) is 11.2 Å². The molecule has 1 amide bonds. The molecule has 0 unspecified atom stereocenters. The molecule has 0 saturated heterocycles. The van der Waals surface area contributed by atoms with Crippen molar-refractivity contribution >= 4 is 23.0 Å². The highest BCUT2D eigenvalue weighted by Crippen LogP contribution is 2.10. The molecular weight excluding hydrogens is 284 g/mol. The summed E-state index contributed by atoms with van der Waals surface area (Å²) in [4.78, 5) is 27.9. The number of nitrogens with zero attached hydrogens (tertiary/aromatic N) is 1. The number of hydrogen-bond donors (Lipinski definition) is 1. The molecule has 0 fully saturated rings. The van der Waals surface area contributed by atoms with Crippen molar-refractivity contribution in [1.29, 1.82) is 0 Å². The Bertz CT molecular complexity index is 608. The van der Waals surface area contributed by atoms with Crippen LogP contribution in [0, 0.1) is 6.92 Å². The summed E-state index contributed by atoms with van der Waals surface area (Å²) >= 11 is 1.54. The molecule has 0 spiro atoms. The molecule has 5 heteroatoms. The minimum Gasteiger partial charge on any atom is -0.356 e. The molecule has 0 saturated carbocycles. The third-order valence-electron chi connectivity index (χ3n) is 3.21. The highest BCUT2D eigenvalue weighted by molar-refractivity contribution is 7.07. The quantitative estimate of drug-likeness (QED) is 0.800. The van der Waals surface area contributed by atoms with E-state index in [9.17, 15) is 9.59 Å². The number of thiazole rings is 1. The molecule has 2 aromatic rings. The monoisotopic (exact) mass is 302 g/mol. The van der Waals surface area contributed by atoms with Gasteiger partial charge in [0.05, 0.1) is 11.2 Å². The number of Topliss-reactive ketones (excluding diaryl/α,β-unsaturated/α-hetero) is 1. The summed E-state index contributed by atoms with van der Waals surface area (Å²) in [6.45, 7) is 2.46. The summed E-state index contributed by atoms with van der Waals surface area (Å²) in [5, 5.41) is 4.78. The van der Waals surface area contributed by atoms with Gasteiger partial charge in [-0.05, 0) is 12.5 Å². The van der Waals surface area contributed by atoms with E-state index in [2.05, 4.69) is 10.3 Å². The van der Waals surface area contributed by atoms with Crippen molar-refractivity contribution in [2.24, 2.45) is 0 Å². The number of carbonyl (C=O) groups excluding carboxylic acids is 2. The van der Waals surface area contributed by atoms with Crippen LogP contribution in [0.5, 0.6) is 0 Å². The van der Waals surface area contributed by atoms with Gasteiger partial charge in [-0.3, -0.25) is 9.59 Å². The molecule has 4 nitrogen and oxygen atoms in total. The number of nitrogens with one attached hydrogen (secondary N) is 1. The van der Waals surface area contributed by atoms with E-state index in [1.165, 1.54) is 0 Å². The highest BCUT2D eigenvalue weighted by atomic mass is 32.1. The largest absolute Gasteiger partial charge is 0.356 e. The van der Waals surface area contributed by atoms with Gasteiger partial charge in [0.15, 0.2) is 5.78 Å². The van der Waals surface area contributed by atoms with E-state index in [1.54, 1.807) is 22.9 Å². The summed E-state index contributed by atoms with van der Waals surface area (Å²) in [5.41, 5.74) is 4.41. The summed E-state index contributed by atoms with van der Waals surface area (Å²) < 4.78 is 0. The zero-order valence-electron chi connectivity index (χ0n) is 12.0. The number of amides is 1. The van der Waals surface area contributed by atoms with Gasteiger partial charge in [0.1, 0.15) is 0 Å². The van der Waals surface area contributed by atoms with Gasteiger partial charge in [-0.15, -0.1) is 11.3 Å². The van der Waals surface area contributed by atoms with Gasteiger partial charge in [0, 0.05) is 36.8 Å². The van der Waals surface area contributed by atoms with Gasteiger partial charge >= 0.3 is 0 Å². The van der Waals surface area contributed by atoms with Crippen molar-refractivity contribution in [2.45, 2.75) is 26.2 Å². The van der Waals surface area contributed by atoms with E-state index in [-0.39, 0.29) is 24.5 Å². The first-order chi connectivity index (χ1) is 10.2. The lowest BCUT2D eigenvalue weighted by molar-refractivity contribution is -0.121. The zero-order valence-corrected chi connectivity index (χ0v) is 12.8. The van der Waals surface area contributed by atoms with Crippen molar-refractivity contribution in [3.63, 3.8) is 0 Å². The molecule has 1 aromatic carbocycles. The minimum absolute atomic E-state index is 0.0164. The fourth-order valence-corrected chi connectivity index (χ4v) is 2.62. The van der Waals surface area contributed by atoms with Crippen LogP contribution in [0.15, 0.2) is 35.2 Å². The van der Waals surface area contributed by atoms with E-state index < -0.39 is 0 Å². The van der Waals surface area contributed by atoms with Gasteiger partial charge in [0.2, 0.25) is 5.91 Å². The van der Waals surface area contributed by atoms with Crippen LogP contribution in [-0.4, -0.2) is 23.2 Å². The lowest BCUT2D eigenvalue weighted by Crippen LogP contribution is -2.26. The van der Waals surface area contributed by atoms with Crippen molar-refractivity contribution < 1.29 is 9.59 Å². The van der Waals surface area contributed by atoms with Gasteiger partial charge < -0.3 is 5.32 Å². The smallest absolute Gasteiger partial charge is 0.220 e. The Labute approximate surface area is 128 Å². The lowest BCUT2D eigenvalue weighted by atomic mass is 10.0. The van der Waals surface area contributed by atoms with Crippen LogP contribution >= 0.6 is 11.3 Å². The fraction of sp³-hybridized carbons (Fsp3) is 0.312. The van der Waals surface area contributed by atoms with Crippen LogP contribution in [0.4, 0.5) is 0 Å². The van der Waals surface area contributed by atoms with Gasteiger partial charge in [-0.2, -0.15) is 0 Å². The second-order valence-corrected chi connectivity index (χ2v) is 5.54. The number of aromatic nitrogens is 1. The number of hydrogen-bond acceptors (Lipinski definition) is 4. The number of benzene rings is 1. The number of aryl methyl sites for hydroxylation is 1. The number of ketones is 1. The maximum absolute atomic E-state index is 12.0. The molecule has 110 valence electrons. The van der Waals surface area contributed by atoms with Crippen LogP contribution in [0.1, 0.15) is 34.5 Å². The summed E-state index contributed by atoms with van der Waals surface area (Å²) in [6, 6.07) is 7.45. The average Bonchev–Trinajstić information content (AvgIpc) is 2.98. The van der Waals surface area contributed by atoms with Crippen LogP contribution in [0.25, 0.3) is 0 Å². The van der Waals surface area contributed by atoms with Crippen LogP contribution < -0.4 is 5.32 Å². The molecule has 1 aromatic heterocycles. The van der Waals surface area contributed by atoms with Gasteiger partial charge in [-0.25, -0.2) is 4.98 Å². The first kappa shape index (κ1) is 15.4. The first-order valence-corrected chi connectivity index (χ1v) is 7.83. The van der Waals surface area contributed by atoms with Crippen molar-refractivity contribution in [3.8, 4) is 0 Å². The third kappa shape index (κ3) is 4.79. The molecule has 0 aliphatic rings. The molecule has 0 radical (unpaired) electrons. The molecule has 1 N–H and O–H groups in total. The Balaban J connectivity index is 1.71. The molecule has 0 aliphatic carbocycles. The maximum atomic E-state index is 12.0. The van der Waals surface area contributed by atoms with Crippen molar-refractivity contribution in [2.75, 3.05) is 6.54 Å². The minimum atomic E-state index is -0.0906. The molecule has 0 atom stereocenters. The molecule has 1 heterocycles. The Morgan fingerprint density at radius 3 is 2.76 bits per heavy atom. The summed E-state index contributed by atoms with van der Waals surface area (Å²) in [7, 11) is 0. The fourth-order valence-electron chi connectivity index (χ4n) is 2.03. The Morgan fingerprint density at radius 2 is 2.05 bits per heavy atom. The van der Waals surface area contributed by atoms with E-state index >= 15 is 0 Å². The Morgan fingerprint density at radius 1 is 1.24 bits per heavy atom. The maximum Gasteiger partial charge on any atom is 0.220 e. The highest BCUT2D eigenvalue weighted by Gasteiger charge is 2.10. The molecule has 0 aliphatic heterocycles. The normalized spacial score (nSPS) is 10.3. The SMILES string of the molecule is Cc1ccccc1C(=O)CCC(=O)NCCc1cscn1. The second-order valence-electron chi connectivity index (χ2n) is 4.82. The molecule has 21 heavy (non-hydrogen) atoms. The van der Waals surface area contributed by atoms with E-state index in [4.69, 9.17) is 0 Å². The standard InChI is InChI=1S/C16H18N2O2S/c1-12-4-2-3-5-14(12)15(19)6-7-16(20)17-9-8-13-10-21-11-18-13/h2-5,10-11H,6-9H2,1H3,(H,17,20). The third-order valence-corrected chi connectivity index (χ3v) is 3.85. The van der Waals surface area contributed by atoms with Crippen molar-refractivity contribution in [3.05, 3.63) is 52.0 Å². The van der Waals surface area contributed by atoms with Gasteiger partial charge in [-0.1, -0.05) is 24.3 Å². The predicted molar refractivity (Wildman–Crippen MR) is 83.6 cm³/mol. The number of rotatable bonds is 7. The van der Waals surface area contributed by atoms with E-state index in [0.29, 0.717) is 12.1 Å². The van der Waals surface area contributed by atoms with Crippen LogP contribution in [0.2, 0.25) is 0 Å². The summed E-state index contributed by atoms with van der Waals surface area (Å²) in [5.74, 6) is -0.0742. The summed E-state index contributed by atoms with van der Waals surface area (Å²) in [6.07, 6.45) is 1.19. The predicted octanol–water partition coefficient (Wildman–Crippen LogP) is 2.77. The topological polar surface area (TPSA) is 59.1 Å². The first-order valence-electron chi connectivity index (χ1n) is 6.89. The zero-order chi connectivity index (χ0) is 15.1. The van der Waals surface area contributed by atoms with E-state index in [0.717, 1.165) is 17.7 Å². The van der Waals surface area contributed by atoms with Crippen LogP contribution in [0.3, 0.4) is 0 Å². The van der Waals surface area contributed by atoms with E-state index in [1.807, 2.05) is 30.5 Å². The Kier molecular flexibility index (Phi) is 5.63. The van der Waals surface area contributed by atoms with Gasteiger partial charge in [0.25, 0.3) is 0 Å². The molecule has 0 bridgehead atoms. The lowest BCUT2D eigenvalue weighted by Gasteiger charge is -2.05. The Hall–Kier alpha value is -2.01. The average molecular weight is 302 g/mol.